The lowest BCUT2D eigenvalue weighted by Gasteiger charge is -2.37. The molecule has 0 heterocycles. The number of carbonyl (C=O) groups excluding carboxylic acids is 1. The van der Waals surface area contributed by atoms with Crippen molar-refractivity contribution < 1.29 is 14.7 Å². The summed E-state index contributed by atoms with van der Waals surface area (Å²) in [7, 11) is 0. The third-order valence-corrected chi connectivity index (χ3v) is 7.18. The second-order valence-electron chi connectivity index (χ2n) is 8.40. The van der Waals surface area contributed by atoms with Crippen molar-refractivity contribution in [2.45, 2.75) is 46.0 Å². The average Bonchev–Trinajstić information content (AvgIpc) is 3.23. The smallest absolute Gasteiger partial charge is 0.307 e. The molecule has 2 fully saturated rings. The topological polar surface area (TPSA) is 104 Å². The van der Waals surface area contributed by atoms with Gasteiger partial charge in [-0.3, -0.25) is 9.59 Å². The lowest BCUT2D eigenvalue weighted by molar-refractivity contribution is -0.142. The predicted molar refractivity (Wildman–Crippen MR) is 102 cm³/mol. The molecule has 3 rings (SSSR count). The Bertz CT molecular complexity index is 795. The second-order valence-corrected chi connectivity index (χ2v) is 8.40. The van der Waals surface area contributed by atoms with Crippen LogP contribution in [0.3, 0.4) is 0 Å². The molecule has 5 heteroatoms. The van der Waals surface area contributed by atoms with Crippen LogP contribution < -0.4 is 5.73 Å². The van der Waals surface area contributed by atoms with Gasteiger partial charge in [-0.2, -0.15) is 5.26 Å². The standard InChI is InChI=1S/C22H28N2O3/c1-4-21-17(19(21)20(26)27)10-16(22(21,12-24)18(25)11-23)9-14-5-7-15(8-6-14)13(2)3/h5-8,13,16-17,19H,4,9-11,23H2,1-3H3,(H,26,27). The van der Waals surface area contributed by atoms with Crippen molar-refractivity contribution in [3.63, 3.8) is 0 Å². The summed E-state index contributed by atoms with van der Waals surface area (Å²) < 4.78 is 0. The third kappa shape index (κ3) is 2.54. The highest BCUT2D eigenvalue weighted by Gasteiger charge is 2.83. The number of rotatable bonds is 7. The number of nitriles is 1. The highest BCUT2D eigenvalue weighted by Crippen LogP contribution is 2.79. The van der Waals surface area contributed by atoms with Crippen molar-refractivity contribution in [1.82, 2.24) is 0 Å². The van der Waals surface area contributed by atoms with Gasteiger partial charge in [0.1, 0.15) is 5.41 Å². The summed E-state index contributed by atoms with van der Waals surface area (Å²) in [6, 6.07) is 10.6. The predicted octanol–water partition coefficient (Wildman–Crippen LogP) is 3.14. The summed E-state index contributed by atoms with van der Waals surface area (Å²) in [5.41, 5.74) is 5.93. The molecule has 1 aromatic carbocycles. The van der Waals surface area contributed by atoms with Crippen molar-refractivity contribution in [2.24, 2.45) is 34.3 Å². The maximum Gasteiger partial charge on any atom is 0.307 e. The SMILES string of the molecule is CCC12C(CC(Cc3ccc(C(C)C)cc3)C1(C#N)C(=O)CN)C2C(=O)O. The quantitative estimate of drug-likeness (QED) is 0.769. The normalized spacial score (nSPS) is 34.1. The summed E-state index contributed by atoms with van der Waals surface area (Å²) >= 11 is 0. The summed E-state index contributed by atoms with van der Waals surface area (Å²) in [6.45, 7) is 5.94. The second kappa shape index (κ2) is 6.76. The number of carboxylic acids is 1. The van der Waals surface area contributed by atoms with Crippen LogP contribution in [-0.4, -0.2) is 23.4 Å². The summed E-state index contributed by atoms with van der Waals surface area (Å²) in [5, 5.41) is 19.8. The van der Waals surface area contributed by atoms with Crippen LogP contribution >= 0.6 is 0 Å². The average molecular weight is 368 g/mol. The Morgan fingerprint density at radius 3 is 2.41 bits per heavy atom. The largest absolute Gasteiger partial charge is 0.481 e. The fourth-order valence-corrected chi connectivity index (χ4v) is 5.88. The molecule has 2 aliphatic carbocycles. The Morgan fingerprint density at radius 2 is 1.96 bits per heavy atom. The zero-order valence-electron chi connectivity index (χ0n) is 16.2. The van der Waals surface area contributed by atoms with Gasteiger partial charge >= 0.3 is 5.97 Å². The van der Waals surface area contributed by atoms with Crippen molar-refractivity contribution in [2.75, 3.05) is 6.54 Å². The number of hydrogen-bond acceptors (Lipinski definition) is 4. The monoisotopic (exact) mass is 368 g/mol. The third-order valence-electron chi connectivity index (χ3n) is 7.18. The molecule has 0 aromatic heterocycles. The van der Waals surface area contributed by atoms with E-state index in [-0.39, 0.29) is 24.2 Å². The molecule has 5 atom stereocenters. The minimum atomic E-state index is -1.30. The number of fused-ring (bicyclic) bond motifs is 1. The van der Waals surface area contributed by atoms with Crippen LogP contribution in [0.25, 0.3) is 0 Å². The van der Waals surface area contributed by atoms with Crippen LogP contribution in [0.2, 0.25) is 0 Å². The summed E-state index contributed by atoms with van der Waals surface area (Å²) in [5.74, 6) is -1.68. The molecule has 2 saturated carbocycles. The Labute approximate surface area is 160 Å². The van der Waals surface area contributed by atoms with Crippen molar-refractivity contribution in [3.05, 3.63) is 35.4 Å². The summed E-state index contributed by atoms with van der Waals surface area (Å²) in [4.78, 5) is 24.7. The number of nitrogens with two attached hydrogens (primary N) is 1. The molecule has 1 aromatic rings. The van der Waals surface area contributed by atoms with Crippen LogP contribution in [-0.2, 0) is 16.0 Å². The maximum atomic E-state index is 12.9. The van der Waals surface area contributed by atoms with E-state index >= 15 is 0 Å². The number of nitrogens with zero attached hydrogens (tertiary/aromatic N) is 1. The van der Waals surface area contributed by atoms with Gasteiger partial charge in [0.25, 0.3) is 0 Å². The molecule has 0 bridgehead atoms. The van der Waals surface area contributed by atoms with E-state index in [0.29, 0.717) is 25.2 Å². The lowest BCUT2D eigenvalue weighted by Crippen LogP contribution is -2.48. The highest BCUT2D eigenvalue weighted by molar-refractivity contribution is 5.94. The first kappa shape index (κ1) is 19.6. The Morgan fingerprint density at radius 1 is 1.33 bits per heavy atom. The van der Waals surface area contributed by atoms with E-state index in [1.807, 2.05) is 6.92 Å². The minimum absolute atomic E-state index is 0.116. The Balaban J connectivity index is 1.98. The van der Waals surface area contributed by atoms with Gasteiger partial charge in [-0.05, 0) is 48.1 Å². The number of carboxylic acid groups (broad SMARTS) is 1. The van der Waals surface area contributed by atoms with Gasteiger partial charge in [-0.25, -0.2) is 0 Å². The van der Waals surface area contributed by atoms with Gasteiger partial charge in [0.2, 0.25) is 0 Å². The van der Waals surface area contributed by atoms with Gasteiger partial charge in [-0.1, -0.05) is 45.0 Å². The molecule has 0 radical (unpaired) electrons. The van der Waals surface area contributed by atoms with Gasteiger partial charge in [0.15, 0.2) is 5.78 Å². The Kier molecular flexibility index (Phi) is 4.90. The fourth-order valence-electron chi connectivity index (χ4n) is 5.88. The number of carbonyl (C=O) groups is 2. The van der Waals surface area contributed by atoms with Crippen LogP contribution in [0, 0.1) is 39.9 Å². The van der Waals surface area contributed by atoms with Crippen LogP contribution in [0.15, 0.2) is 24.3 Å². The number of aliphatic carboxylic acids is 1. The van der Waals surface area contributed by atoms with E-state index in [1.54, 1.807) is 0 Å². The molecule has 27 heavy (non-hydrogen) atoms. The van der Waals surface area contributed by atoms with E-state index in [0.717, 1.165) is 5.56 Å². The molecule has 3 N–H and O–H groups in total. The van der Waals surface area contributed by atoms with Gasteiger partial charge in [0.05, 0.1) is 18.5 Å². The molecular formula is C22H28N2O3. The number of hydrogen-bond donors (Lipinski definition) is 2. The molecule has 0 saturated heterocycles. The van der Waals surface area contributed by atoms with E-state index in [2.05, 4.69) is 44.2 Å². The van der Waals surface area contributed by atoms with E-state index in [1.165, 1.54) is 5.56 Å². The molecule has 0 amide bonds. The molecule has 0 aliphatic heterocycles. The zero-order chi connectivity index (χ0) is 20.0. The van der Waals surface area contributed by atoms with Crippen molar-refractivity contribution in [1.29, 1.82) is 5.26 Å². The molecule has 5 unspecified atom stereocenters. The van der Waals surface area contributed by atoms with Crippen molar-refractivity contribution >= 4 is 11.8 Å². The van der Waals surface area contributed by atoms with E-state index in [9.17, 15) is 20.0 Å². The molecule has 5 nitrogen and oxygen atoms in total. The first-order valence-electron chi connectivity index (χ1n) is 9.76. The number of Topliss-reactive ketones (excluding diaryl/α,β-unsaturated/α-hetero) is 1. The maximum absolute atomic E-state index is 12.9. The minimum Gasteiger partial charge on any atom is -0.481 e. The zero-order valence-corrected chi connectivity index (χ0v) is 16.2. The Hall–Kier alpha value is -2.19. The van der Waals surface area contributed by atoms with E-state index in [4.69, 9.17) is 5.73 Å². The highest BCUT2D eigenvalue weighted by atomic mass is 16.4. The molecule has 2 aliphatic rings. The van der Waals surface area contributed by atoms with Crippen LogP contribution in [0.1, 0.15) is 50.7 Å². The number of ketones is 1. The first-order valence-corrected chi connectivity index (χ1v) is 9.76. The van der Waals surface area contributed by atoms with E-state index < -0.39 is 22.7 Å². The van der Waals surface area contributed by atoms with Crippen LogP contribution in [0.5, 0.6) is 0 Å². The van der Waals surface area contributed by atoms with Crippen LogP contribution in [0.4, 0.5) is 0 Å². The first-order chi connectivity index (χ1) is 12.8. The summed E-state index contributed by atoms with van der Waals surface area (Å²) in [6.07, 6.45) is 1.70. The lowest BCUT2D eigenvalue weighted by atomic mass is 9.61. The molecule has 144 valence electrons. The fraction of sp³-hybridized carbons (Fsp3) is 0.591. The molecular weight excluding hydrogens is 340 g/mol. The number of benzene rings is 1. The van der Waals surface area contributed by atoms with Gasteiger partial charge in [-0.15, -0.1) is 0 Å². The van der Waals surface area contributed by atoms with Gasteiger partial charge in [0, 0.05) is 5.41 Å². The van der Waals surface area contributed by atoms with Gasteiger partial charge < -0.3 is 10.8 Å². The molecule has 0 spiro atoms. The van der Waals surface area contributed by atoms with Crippen molar-refractivity contribution in [3.8, 4) is 6.07 Å².